The van der Waals surface area contributed by atoms with Crippen molar-refractivity contribution in [3.63, 3.8) is 0 Å². The maximum atomic E-state index is 13.0. The lowest BCUT2D eigenvalue weighted by Crippen LogP contribution is -2.51. The summed E-state index contributed by atoms with van der Waals surface area (Å²) in [6.45, 7) is 5.36. The molecule has 0 spiro atoms. The van der Waals surface area contributed by atoms with E-state index in [1.165, 1.54) is 5.56 Å². The summed E-state index contributed by atoms with van der Waals surface area (Å²) in [7, 11) is 0. The molecule has 2 aromatic carbocycles. The number of piperidine rings is 1. The SMILES string of the molecule is CC(C)(C(=O)N1CCC(NC(=O)CCc2ccccc2)CC1)c1ccccc1. The van der Waals surface area contributed by atoms with Crippen LogP contribution in [0.25, 0.3) is 0 Å². The summed E-state index contributed by atoms with van der Waals surface area (Å²) in [5.41, 5.74) is 1.69. The van der Waals surface area contributed by atoms with Crippen LogP contribution in [0.5, 0.6) is 0 Å². The number of rotatable bonds is 6. The quantitative estimate of drug-likeness (QED) is 0.833. The van der Waals surface area contributed by atoms with Crippen molar-refractivity contribution in [1.82, 2.24) is 10.2 Å². The third kappa shape index (κ3) is 5.00. The minimum Gasteiger partial charge on any atom is -0.353 e. The van der Waals surface area contributed by atoms with Gasteiger partial charge in [-0.05, 0) is 44.2 Å². The molecule has 0 atom stereocenters. The Bertz CT molecular complexity index is 779. The summed E-state index contributed by atoms with van der Waals surface area (Å²) in [6, 6.07) is 20.2. The largest absolute Gasteiger partial charge is 0.353 e. The molecule has 148 valence electrons. The second-order valence-electron chi connectivity index (χ2n) is 8.11. The Morgan fingerprint density at radius 2 is 1.54 bits per heavy atom. The van der Waals surface area contributed by atoms with E-state index < -0.39 is 5.41 Å². The van der Waals surface area contributed by atoms with Gasteiger partial charge in [0.15, 0.2) is 0 Å². The van der Waals surface area contributed by atoms with Crippen LogP contribution in [-0.4, -0.2) is 35.8 Å². The molecule has 2 amide bonds. The zero-order chi connectivity index (χ0) is 20.0. The lowest BCUT2D eigenvalue weighted by molar-refractivity contribution is -0.137. The van der Waals surface area contributed by atoms with E-state index in [0.717, 1.165) is 24.8 Å². The molecule has 0 radical (unpaired) electrons. The molecule has 4 nitrogen and oxygen atoms in total. The number of hydrogen-bond donors (Lipinski definition) is 1. The van der Waals surface area contributed by atoms with Crippen LogP contribution in [0.15, 0.2) is 60.7 Å². The molecular formula is C24H30N2O2. The highest BCUT2D eigenvalue weighted by atomic mass is 16.2. The van der Waals surface area contributed by atoms with Gasteiger partial charge in [-0.15, -0.1) is 0 Å². The molecule has 4 heteroatoms. The highest BCUT2D eigenvalue weighted by Gasteiger charge is 2.35. The van der Waals surface area contributed by atoms with Gasteiger partial charge in [-0.1, -0.05) is 60.7 Å². The zero-order valence-corrected chi connectivity index (χ0v) is 16.9. The van der Waals surface area contributed by atoms with Gasteiger partial charge in [0, 0.05) is 25.6 Å². The first kappa shape index (κ1) is 20.1. The van der Waals surface area contributed by atoms with E-state index in [0.29, 0.717) is 19.5 Å². The molecule has 1 N–H and O–H groups in total. The average Bonchev–Trinajstić information content (AvgIpc) is 2.73. The van der Waals surface area contributed by atoms with Crippen LogP contribution in [-0.2, 0) is 21.4 Å². The van der Waals surface area contributed by atoms with E-state index in [9.17, 15) is 9.59 Å². The second-order valence-corrected chi connectivity index (χ2v) is 8.11. The van der Waals surface area contributed by atoms with E-state index in [1.807, 2.05) is 79.4 Å². The Morgan fingerprint density at radius 3 is 2.14 bits per heavy atom. The molecule has 3 rings (SSSR count). The van der Waals surface area contributed by atoms with Crippen LogP contribution in [0.3, 0.4) is 0 Å². The van der Waals surface area contributed by atoms with Crippen LogP contribution in [0.4, 0.5) is 0 Å². The fraction of sp³-hybridized carbons (Fsp3) is 0.417. The van der Waals surface area contributed by atoms with E-state index in [-0.39, 0.29) is 17.9 Å². The van der Waals surface area contributed by atoms with Crippen LogP contribution >= 0.6 is 0 Å². The third-order valence-electron chi connectivity index (χ3n) is 5.66. The van der Waals surface area contributed by atoms with Crippen molar-refractivity contribution >= 4 is 11.8 Å². The Kier molecular flexibility index (Phi) is 6.50. The summed E-state index contributed by atoms with van der Waals surface area (Å²) in [5.74, 6) is 0.255. The van der Waals surface area contributed by atoms with Crippen molar-refractivity contribution in [1.29, 1.82) is 0 Å². The zero-order valence-electron chi connectivity index (χ0n) is 16.9. The molecule has 0 bridgehead atoms. The van der Waals surface area contributed by atoms with Crippen molar-refractivity contribution in [2.24, 2.45) is 0 Å². The molecule has 1 aliphatic heterocycles. The summed E-state index contributed by atoms with van der Waals surface area (Å²) in [4.78, 5) is 27.2. The van der Waals surface area contributed by atoms with Gasteiger partial charge >= 0.3 is 0 Å². The fourth-order valence-corrected chi connectivity index (χ4v) is 3.80. The molecule has 2 aromatic rings. The number of aryl methyl sites for hydroxylation is 1. The van der Waals surface area contributed by atoms with Crippen molar-refractivity contribution in [3.8, 4) is 0 Å². The van der Waals surface area contributed by atoms with Crippen LogP contribution in [0.2, 0.25) is 0 Å². The van der Waals surface area contributed by atoms with Crippen molar-refractivity contribution in [3.05, 3.63) is 71.8 Å². The summed E-state index contributed by atoms with van der Waals surface area (Å²) < 4.78 is 0. The van der Waals surface area contributed by atoms with E-state index >= 15 is 0 Å². The summed E-state index contributed by atoms with van der Waals surface area (Å²) in [6.07, 6.45) is 2.89. The van der Waals surface area contributed by atoms with Crippen molar-refractivity contribution in [2.45, 2.75) is 51.0 Å². The monoisotopic (exact) mass is 378 g/mol. The second kappa shape index (κ2) is 9.05. The molecule has 1 saturated heterocycles. The molecule has 0 aromatic heterocycles. The van der Waals surface area contributed by atoms with Crippen molar-refractivity contribution < 1.29 is 9.59 Å². The van der Waals surface area contributed by atoms with Crippen molar-refractivity contribution in [2.75, 3.05) is 13.1 Å². The lowest BCUT2D eigenvalue weighted by Gasteiger charge is -2.37. The van der Waals surface area contributed by atoms with Gasteiger partial charge in [-0.2, -0.15) is 0 Å². The van der Waals surface area contributed by atoms with Gasteiger partial charge in [0.25, 0.3) is 0 Å². The van der Waals surface area contributed by atoms with E-state index in [1.54, 1.807) is 0 Å². The fourth-order valence-electron chi connectivity index (χ4n) is 3.80. The van der Waals surface area contributed by atoms with E-state index in [4.69, 9.17) is 0 Å². The predicted octanol–water partition coefficient (Wildman–Crippen LogP) is 3.70. The maximum absolute atomic E-state index is 13.0. The number of amides is 2. The standard InChI is InChI=1S/C24H30N2O2/c1-24(2,20-11-7-4-8-12-20)23(28)26-17-15-21(16-18-26)25-22(27)14-13-19-9-5-3-6-10-19/h3-12,21H,13-18H2,1-2H3,(H,25,27). The topological polar surface area (TPSA) is 49.4 Å². The molecule has 1 fully saturated rings. The number of likely N-dealkylation sites (tertiary alicyclic amines) is 1. The number of nitrogens with zero attached hydrogens (tertiary/aromatic N) is 1. The molecule has 1 heterocycles. The van der Waals surface area contributed by atoms with Gasteiger partial charge in [-0.25, -0.2) is 0 Å². The number of nitrogens with one attached hydrogen (secondary N) is 1. The normalized spacial score (nSPS) is 15.3. The first-order valence-electron chi connectivity index (χ1n) is 10.1. The molecule has 0 unspecified atom stereocenters. The Labute approximate surface area is 167 Å². The number of hydrogen-bond acceptors (Lipinski definition) is 2. The van der Waals surface area contributed by atoms with Crippen LogP contribution < -0.4 is 5.32 Å². The van der Waals surface area contributed by atoms with Crippen LogP contribution in [0.1, 0.15) is 44.2 Å². The minimum atomic E-state index is -0.535. The average molecular weight is 379 g/mol. The number of carbonyl (C=O) groups excluding carboxylic acids is 2. The molecule has 1 aliphatic rings. The van der Waals surface area contributed by atoms with Gasteiger partial charge in [0.05, 0.1) is 5.41 Å². The third-order valence-corrected chi connectivity index (χ3v) is 5.66. The smallest absolute Gasteiger partial charge is 0.232 e. The highest BCUT2D eigenvalue weighted by Crippen LogP contribution is 2.27. The highest BCUT2D eigenvalue weighted by molar-refractivity contribution is 5.87. The number of carbonyl (C=O) groups is 2. The predicted molar refractivity (Wildman–Crippen MR) is 112 cm³/mol. The minimum absolute atomic E-state index is 0.0956. The maximum Gasteiger partial charge on any atom is 0.232 e. The Balaban J connectivity index is 1.46. The van der Waals surface area contributed by atoms with Gasteiger partial charge in [-0.3, -0.25) is 9.59 Å². The summed E-state index contributed by atoms with van der Waals surface area (Å²) in [5, 5.41) is 3.14. The van der Waals surface area contributed by atoms with Gasteiger partial charge in [0.1, 0.15) is 0 Å². The Morgan fingerprint density at radius 1 is 0.964 bits per heavy atom. The summed E-state index contributed by atoms with van der Waals surface area (Å²) >= 11 is 0. The molecule has 28 heavy (non-hydrogen) atoms. The van der Waals surface area contributed by atoms with Crippen LogP contribution in [0, 0.1) is 0 Å². The van der Waals surface area contributed by atoms with Gasteiger partial charge < -0.3 is 10.2 Å². The molecule has 0 aliphatic carbocycles. The molecular weight excluding hydrogens is 348 g/mol. The lowest BCUT2D eigenvalue weighted by atomic mass is 9.82. The number of benzene rings is 2. The van der Waals surface area contributed by atoms with E-state index in [2.05, 4.69) is 5.32 Å². The Hall–Kier alpha value is -2.62. The first-order chi connectivity index (χ1) is 13.5. The van der Waals surface area contributed by atoms with Gasteiger partial charge in [0.2, 0.25) is 11.8 Å². The molecule has 0 saturated carbocycles. The first-order valence-corrected chi connectivity index (χ1v) is 10.1.